The molecule has 0 spiro atoms. The summed E-state index contributed by atoms with van der Waals surface area (Å²) >= 11 is 0. The summed E-state index contributed by atoms with van der Waals surface area (Å²) in [7, 11) is 0. The van der Waals surface area contributed by atoms with Crippen molar-refractivity contribution in [1.82, 2.24) is 4.57 Å². The van der Waals surface area contributed by atoms with E-state index in [-0.39, 0.29) is 12.8 Å². The minimum atomic E-state index is -0.336. The van der Waals surface area contributed by atoms with Gasteiger partial charge in [0.1, 0.15) is 6.67 Å². The van der Waals surface area contributed by atoms with Gasteiger partial charge < -0.3 is 9.67 Å². The lowest BCUT2D eigenvalue weighted by atomic mass is 9.95. The third kappa shape index (κ3) is 1.48. The number of fused-ring (bicyclic) bond motifs is 1. The molecule has 13 heavy (non-hydrogen) atoms. The van der Waals surface area contributed by atoms with E-state index in [0.717, 1.165) is 30.5 Å². The highest BCUT2D eigenvalue weighted by molar-refractivity contribution is 5.27. The van der Waals surface area contributed by atoms with Crippen LogP contribution in [-0.2, 0) is 13.0 Å². The van der Waals surface area contributed by atoms with Crippen LogP contribution in [0, 0.1) is 0 Å². The summed E-state index contributed by atoms with van der Waals surface area (Å²) in [5, 5.41) is 9.64. The van der Waals surface area contributed by atoms with Gasteiger partial charge in [-0.1, -0.05) is 0 Å². The molecule has 1 aliphatic carbocycles. The standard InChI is InChI=1S/C10H14FNO/c11-5-7-12-6-4-8-9(12)2-1-3-10(8)13/h4,6,10,13H,1-3,5,7H2. The molecule has 0 aromatic carbocycles. The van der Waals surface area contributed by atoms with E-state index in [1.165, 1.54) is 0 Å². The van der Waals surface area contributed by atoms with Gasteiger partial charge in [0, 0.05) is 17.5 Å². The molecule has 2 nitrogen and oxygen atoms in total. The maximum atomic E-state index is 12.1. The van der Waals surface area contributed by atoms with E-state index in [0.29, 0.717) is 6.54 Å². The van der Waals surface area contributed by atoms with Gasteiger partial charge in [0.15, 0.2) is 0 Å². The second kappa shape index (κ2) is 3.50. The van der Waals surface area contributed by atoms with Crippen LogP contribution in [0.15, 0.2) is 12.3 Å². The summed E-state index contributed by atoms with van der Waals surface area (Å²) in [5.74, 6) is 0. The van der Waals surface area contributed by atoms with Crippen molar-refractivity contribution in [3.63, 3.8) is 0 Å². The molecule has 1 unspecified atom stereocenters. The van der Waals surface area contributed by atoms with Crippen LogP contribution in [0.3, 0.4) is 0 Å². The summed E-state index contributed by atoms with van der Waals surface area (Å²) in [6.07, 6.45) is 4.36. The van der Waals surface area contributed by atoms with Crippen molar-refractivity contribution in [2.75, 3.05) is 6.67 Å². The highest BCUT2D eigenvalue weighted by Gasteiger charge is 2.20. The second-order valence-corrected chi connectivity index (χ2v) is 3.51. The van der Waals surface area contributed by atoms with Crippen molar-refractivity contribution in [2.45, 2.75) is 31.9 Å². The third-order valence-electron chi connectivity index (χ3n) is 2.69. The molecule has 1 aliphatic rings. The van der Waals surface area contributed by atoms with E-state index < -0.39 is 0 Å². The fourth-order valence-electron chi connectivity index (χ4n) is 2.03. The lowest BCUT2D eigenvalue weighted by molar-refractivity contribution is 0.155. The van der Waals surface area contributed by atoms with Crippen molar-refractivity contribution in [2.24, 2.45) is 0 Å². The van der Waals surface area contributed by atoms with Gasteiger partial charge in [-0.15, -0.1) is 0 Å². The first-order valence-electron chi connectivity index (χ1n) is 4.75. The fourth-order valence-corrected chi connectivity index (χ4v) is 2.03. The summed E-state index contributed by atoms with van der Waals surface area (Å²) in [4.78, 5) is 0. The van der Waals surface area contributed by atoms with Crippen LogP contribution in [0.5, 0.6) is 0 Å². The smallest absolute Gasteiger partial charge is 0.107 e. The Balaban J connectivity index is 2.30. The molecule has 1 atom stereocenters. The monoisotopic (exact) mass is 183 g/mol. The van der Waals surface area contributed by atoms with Crippen molar-refractivity contribution >= 4 is 0 Å². The predicted molar refractivity (Wildman–Crippen MR) is 48.3 cm³/mol. The zero-order valence-corrected chi connectivity index (χ0v) is 7.54. The Labute approximate surface area is 77.0 Å². The highest BCUT2D eigenvalue weighted by Crippen LogP contribution is 2.30. The number of nitrogens with zero attached hydrogens (tertiary/aromatic N) is 1. The quantitative estimate of drug-likeness (QED) is 0.743. The van der Waals surface area contributed by atoms with Crippen LogP contribution < -0.4 is 0 Å². The summed E-state index contributed by atoms with van der Waals surface area (Å²) in [6.45, 7) is 0.0826. The number of aliphatic hydroxyl groups is 1. The van der Waals surface area contributed by atoms with Crippen LogP contribution in [0.25, 0.3) is 0 Å². The normalized spacial score (nSPS) is 21.5. The molecule has 1 heterocycles. The Kier molecular flexibility index (Phi) is 2.36. The maximum Gasteiger partial charge on any atom is 0.107 e. The molecule has 0 amide bonds. The number of aromatic nitrogens is 1. The van der Waals surface area contributed by atoms with Gasteiger partial charge in [-0.25, -0.2) is 4.39 Å². The molecule has 0 saturated heterocycles. The molecule has 1 aromatic rings. The van der Waals surface area contributed by atoms with E-state index in [9.17, 15) is 9.50 Å². The zero-order chi connectivity index (χ0) is 9.26. The zero-order valence-electron chi connectivity index (χ0n) is 7.54. The lowest BCUT2D eigenvalue weighted by Crippen LogP contribution is -2.12. The Hall–Kier alpha value is -0.830. The van der Waals surface area contributed by atoms with Gasteiger partial charge in [0.05, 0.1) is 12.6 Å². The molecular formula is C10H14FNO. The van der Waals surface area contributed by atoms with Gasteiger partial charge in [0.2, 0.25) is 0 Å². The molecule has 1 aromatic heterocycles. The van der Waals surface area contributed by atoms with Crippen LogP contribution in [0.1, 0.15) is 30.2 Å². The van der Waals surface area contributed by atoms with Crippen molar-refractivity contribution in [1.29, 1.82) is 0 Å². The number of aliphatic hydroxyl groups excluding tert-OH is 1. The van der Waals surface area contributed by atoms with Gasteiger partial charge in [0.25, 0.3) is 0 Å². The number of hydrogen-bond donors (Lipinski definition) is 1. The minimum absolute atomic E-state index is 0.329. The summed E-state index contributed by atoms with van der Waals surface area (Å²) in [5.41, 5.74) is 2.12. The number of aryl methyl sites for hydroxylation is 1. The number of rotatable bonds is 2. The van der Waals surface area contributed by atoms with Crippen LogP contribution in [0.2, 0.25) is 0 Å². The van der Waals surface area contributed by atoms with Crippen LogP contribution in [0.4, 0.5) is 4.39 Å². The molecular weight excluding hydrogens is 169 g/mol. The SMILES string of the molecule is OC1CCCc2c1ccn2CCF. The molecule has 0 aliphatic heterocycles. The number of alkyl halides is 1. The van der Waals surface area contributed by atoms with E-state index >= 15 is 0 Å². The molecule has 2 rings (SSSR count). The van der Waals surface area contributed by atoms with Gasteiger partial charge >= 0.3 is 0 Å². The largest absolute Gasteiger partial charge is 0.388 e. The Bertz CT molecular complexity index is 295. The predicted octanol–water partition coefficient (Wildman–Crippen LogP) is 1.83. The van der Waals surface area contributed by atoms with Gasteiger partial charge in [-0.2, -0.15) is 0 Å². The Morgan fingerprint density at radius 2 is 2.46 bits per heavy atom. The molecule has 0 saturated carbocycles. The van der Waals surface area contributed by atoms with Crippen LogP contribution >= 0.6 is 0 Å². The molecule has 0 radical (unpaired) electrons. The molecule has 3 heteroatoms. The first kappa shape index (κ1) is 8.75. The maximum absolute atomic E-state index is 12.1. The van der Waals surface area contributed by atoms with Crippen molar-refractivity contribution in [3.05, 3.63) is 23.5 Å². The topological polar surface area (TPSA) is 25.2 Å². The first-order valence-corrected chi connectivity index (χ1v) is 4.75. The molecule has 0 bridgehead atoms. The Morgan fingerprint density at radius 3 is 3.23 bits per heavy atom. The van der Waals surface area contributed by atoms with Crippen molar-refractivity contribution < 1.29 is 9.50 Å². The first-order chi connectivity index (χ1) is 6.33. The van der Waals surface area contributed by atoms with Crippen molar-refractivity contribution in [3.8, 4) is 0 Å². The lowest BCUT2D eigenvalue weighted by Gasteiger charge is -2.19. The van der Waals surface area contributed by atoms with Gasteiger partial charge in [-0.05, 0) is 25.3 Å². The second-order valence-electron chi connectivity index (χ2n) is 3.51. The average Bonchev–Trinajstić information content (AvgIpc) is 2.51. The summed E-state index contributed by atoms with van der Waals surface area (Å²) < 4.78 is 14.1. The molecule has 1 N–H and O–H groups in total. The summed E-state index contributed by atoms with van der Waals surface area (Å²) in [6, 6.07) is 1.91. The van der Waals surface area contributed by atoms with E-state index in [1.807, 2.05) is 16.8 Å². The minimum Gasteiger partial charge on any atom is -0.388 e. The van der Waals surface area contributed by atoms with Gasteiger partial charge in [-0.3, -0.25) is 0 Å². The average molecular weight is 183 g/mol. The molecule has 0 fully saturated rings. The third-order valence-corrected chi connectivity index (χ3v) is 2.69. The number of halogens is 1. The highest BCUT2D eigenvalue weighted by atomic mass is 19.1. The molecule has 72 valence electrons. The fraction of sp³-hybridized carbons (Fsp3) is 0.600. The Morgan fingerprint density at radius 1 is 1.62 bits per heavy atom. The van der Waals surface area contributed by atoms with Crippen LogP contribution in [-0.4, -0.2) is 16.3 Å². The number of hydrogen-bond acceptors (Lipinski definition) is 1. The van der Waals surface area contributed by atoms with E-state index in [4.69, 9.17) is 0 Å². The van der Waals surface area contributed by atoms with E-state index in [1.54, 1.807) is 0 Å². The van der Waals surface area contributed by atoms with E-state index in [2.05, 4.69) is 0 Å².